The predicted molar refractivity (Wildman–Crippen MR) is 84.1 cm³/mol. The number of amides is 1. The van der Waals surface area contributed by atoms with Gasteiger partial charge in [-0.25, -0.2) is 0 Å². The molecule has 0 saturated carbocycles. The average Bonchev–Trinajstić information content (AvgIpc) is 2.88. The molecular weight excluding hydrogens is 278 g/mol. The summed E-state index contributed by atoms with van der Waals surface area (Å²) in [6.07, 6.45) is 0.917. The molecule has 1 fully saturated rings. The number of likely N-dealkylation sites (tertiary alicyclic amines) is 1. The number of benzene rings is 2. The molecule has 2 aromatic carbocycles. The molecule has 2 N–H and O–H groups in total. The second kappa shape index (κ2) is 5.72. The highest BCUT2D eigenvalue weighted by atomic mass is 16.3. The van der Waals surface area contributed by atoms with Crippen LogP contribution in [0.2, 0.25) is 0 Å². The van der Waals surface area contributed by atoms with E-state index in [0.717, 1.165) is 6.42 Å². The van der Waals surface area contributed by atoms with Crippen LogP contribution in [-0.4, -0.2) is 33.6 Å². The Hall–Kier alpha value is -2.49. The van der Waals surface area contributed by atoms with Gasteiger partial charge in [0.2, 0.25) is 0 Å². The first kappa shape index (κ1) is 14.4. The number of aromatic hydroxyl groups is 2. The SMILES string of the molecule is C[C@@H]1C[C@H](c2ccccc2)CN1C(=O)c1cc(O)cc(O)c1. The molecule has 1 saturated heterocycles. The summed E-state index contributed by atoms with van der Waals surface area (Å²) in [5.74, 6) is -0.0344. The Morgan fingerprint density at radius 3 is 2.36 bits per heavy atom. The first-order valence-corrected chi connectivity index (χ1v) is 7.43. The topological polar surface area (TPSA) is 60.8 Å². The monoisotopic (exact) mass is 297 g/mol. The van der Waals surface area contributed by atoms with Gasteiger partial charge < -0.3 is 15.1 Å². The second-order valence-corrected chi connectivity index (χ2v) is 5.89. The van der Waals surface area contributed by atoms with Gasteiger partial charge in [0.15, 0.2) is 0 Å². The maximum atomic E-state index is 12.6. The highest BCUT2D eigenvalue weighted by Crippen LogP contribution is 2.33. The summed E-state index contributed by atoms with van der Waals surface area (Å²) in [7, 11) is 0. The number of hydrogen-bond acceptors (Lipinski definition) is 3. The number of carbonyl (C=O) groups excluding carboxylic acids is 1. The summed E-state index contributed by atoms with van der Waals surface area (Å²) in [6.45, 7) is 2.68. The Bertz CT molecular complexity index is 664. The average molecular weight is 297 g/mol. The Morgan fingerprint density at radius 1 is 1.09 bits per heavy atom. The van der Waals surface area contributed by atoms with Crippen molar-refractivity contribution in [3.05, 3.63) is 59.7 Å². The van der Waals surface area contributed by atoms with Crippen molar-refractivity contribution in [3.8, 4) is 11.5 Å². The van der Waals surface area contributed by atoms with Crippen molar-refractivity contribution in [2.24, 2.45) is 0 Å². The Balaban J connectivity index is 1.81. The van der Waals surface area contributed by atoms with Crippen molar-refractivity contribution in [2.45, 2.75) is 25.3 Å². The van der Waals surface area contributed by atoms with E-state index in [9.17, 15) is 15.0 Å². The van der Waals surface area contributed by atoms with Gasteiger partial charge in [-0.2, -0.15) is 0 Å². The van der Waals surface area contributed by atoms with Crippen LogP contribution in [0.15, 0.2) is 48.5 Å². The summed E-state index contributed by atoms with van der Waals surface area (Å²) in [4.78, 5) is 14.5. The quantitative estimate of drug-likeness (QED) is 0.895. The van der Waals surface area contributed by atoms with E-state index in [1.165, 1.54) is 23.8 Å². The van der Waals surface area contributed by atoms with Crippen molar-refractivity contribution >= 4 is 5.91 Å². The molecule has 0 spiro atoms. The number of phenolic OH excluding ortho intramolecular Hbond substituents is 2. The Kier molecular flexibility index (Phi) is 3.75. The van der Waals surface area contributed by atoms with Crippen LogP contribution in [0.4, 0.5) is 0 Å². The number of phenols is 2. The van der Waals surface area contributed by atoms with Gasteiger partial charge in [0.05, 0.1) is 0 Å². The van der Waals surface area contributed by atoms with Crippen LogP contribution in [0, 0.1) is 0 Å². The minimum Gasteiger partial charge on any atom is -0.508 e. The molecule has 0 aliphatic carbocycles. The van der Waals surface area contributed by atoms with Crippen molar-refractivity contribution in [2.75, 3.05) is 6.54 Å². The van der Waals surface area contributed by atoms with Gasteiger partial charge in [0.1, 0.15) is 11.5 Å². The lowest BCUT2D eigenvalue weighted by Crippen LogP contribution is -2.33. The van der Waals surface area contributed by atoms with Crippen molar-refractivity contribution in [1.82, 2.24) is 4.90 Å². The highest BCUT2D eigenvalue weighted by molar-refractivity contribution is 5.95. The molecule has 114 valence electrons. The molecule has 3 rings (SSSR count). The smallest absolute Gasteiger partial charge is 0.254 e. The first-order valence-electron chi connectivity index (χ1n) is 7.43. The van der Waals surface area contributed by atoms with E-state index in [0.29, 0.717) is 18.0 Å². The fraction of sp³-hybridized carbons (Fsp3) is 0.278. The number of carbonyl (C=O) groups is 1. The van der Waals surface area contributed by atoms with E-state index in [-0.39, 0.29) is 23.4 Å². The van der Waals surface area contributed by atoms with Crippen LogP contribution >= 0.6 is 0 Å². The van der Waals surface area contributed by atoms with Crippen molar-refractivity contribution in [3.63, 3.8) is 0 Å². The van der Waals surface area contributed by atoms with E-state index >= 15 is 0 Å². The first-order chi connectivity index (χ1) is 10.5. The summed E-state index contributed by atoms with van der Waals surface area (Å²) < 4.78 is 0. The van der Waals surface area contributed by atoms with Crippen LogP contribution < -0.4 is 0 Å². The molecule has 4 nitrogen and oxygen atoms in total. The number of hydrogen-bond donors (Lipinski definition) is 2. The van der Waals surface area contributed by atoms with Crippen molar-refractivity contribution in [1.29, 1.82) is 0 Å². The maximum absolute atomic E-state index is 12.6. The molecule has 22 heavy (non-hydrogen) atoms. The third-order valence-electron chi connectivity index (χ3n) is 4.26. The molecule has 1 aliphatic heterocycles. The maximum Gasteiger partial charge on any atom is 0.254 e. The normalized spacial score (nSPS) is 21.0. The van der Waals surface area contributed by atoms with Crippen LogP contribution in [0.25, 0.3) is 0 Å². The lowest BCUT2D eigenvalue weighted by molar-refractivity contribution is 0.0745. The summed E-state index contributed by atoms with van der Waals surface area (Å²) >= 11 is 0. The van der Waals surface area contributed by atoms with E-state index in [2.05, 4.69) is 12.1 Å². The highest BCUT2D eigenvalue weighted by Gasteiger charge is 2.33. The molecule has 0 unspecified atom stereocenters. The number of nitrogens with zero attached hydrogens (tertiary/aromatic N) is 1. The van der Waals surface area contributed by atoms with E-state index in [1.807, 2.05) is 30.0 Å². The summed E-state index contributed by atoms with van der Waals surface area (Å²) in [6, 6.07) is 14.3. The second-order valence-electron chi connectivity index (χ2n) is 5.89. The molecule has 0 radical (unpaired) electrons. The zero-order valence-corrected chi connectivity index (χ0v) is 12.4. The third kappa shape index (κ3) is 2.77. The molecule has 0 aromatic heterocycles. The van der Waals surface area contributed by atoms with Crippen molar-refractivity contribution < 1.29 is 15.0 Å². The molecular formula is C18H19NO3. The van der Waals surface area contributed by atoms with E-state index < -0.39 is 0 Å². The van der Waals surface area contributed by atoms with Gasteiger partial charge in [-0.15, -0.1) is 0 Å². The zero-order valence-electron chi connectivity index (χ0n) is 12.4. The molecule has 1 heterocycles. The molecule has 1 aliphatic rings. The van der Waals surface area contributed by atoms with Crippen LogP contribution in [0.5, 0.6) is 11.5 Å². The van der Waals surface area contributed by atoms with Crippen LogP contribution in [0.1, 0.15) is 35.2 Å². The molecule has 1 amide bonds. The minimum atomic E-state index is -0.155. The van der Waals surface area contributed by atoms with Gasteiger partial charge >= 0.3 is 0 Å². The summed E-state index contributed by atoms with van der Waals surface area (Å²) in [5, 5.41) is 19.1. The zero-order chi connectivity index (χ0) is 15.7. The third-order valence-corrected chi connectivity index (χ3v) is 4.26. The lowest BCUT2D eigenvalue weighted by atomic mass is 9.97. The molecule has 0 bridgehead atoms. The van der Waals surface area contributed by atoms with Gasteiger partial charge in [0.25, 0.3) is 5.91 Å². The largest absolute Gasteiger partial charge is 0.508 e. The van der Waals surface area contributed by atoms with Gasteiger partial charge in [-0.3, -0.25) is 4.79 Å². The fourth-order valence-corrected chi connectivity index (χ4v) is 3.17. The Labute approximate surface area is 129 Å². The standard InChI is InChI=1S/C18H19NO3/c1-12-7-15(13-5-3-2-4-6-13)11-19(12)18(22)14-8-16(20)10-17(21)9-14/h2-6,8-10,12,15,20-21H,7,11H2,1H3/t12-,15+/m1/s1. The minimum absolute atomic E-state index is 0.102. The number of rotatable bonds is 2. The molecule has 2 aromatic rings. The fourth-order valence-electron chi connectivity index (χ4n) is 3.17. The van der Waals surface area contributed by atoms with Crippen LogP contribution in [-0.2, 0) is 0 Å². The predicted octanol–water partition coefficient (Wildman–Crippen LogP) is 3.12. The van der Waals surface area contributed by atoms with Gasteiger partial charge in [-0.05, 0) is 31.0 Å². The Morgan fingerprint density at radius 2 is 1.73 bits per heavy atom. The van der Waals surface area contributed by atoms with E-state index in [4.69, 9.17) is 0 Å². The lowest BCUT2D eigenvalue weighted by Gasteiger charge is -2.21. The summed E-state index contributed by atoms with van der Waals surface area (Å²) in [5.41, 5.74) is 1.56. The van der Waals surface area contributed by atoms with Gasteiger partial charge in [0, 0.05) is 30.1 Å². The van der Waals surface area contributed by atoms with E-state index in [1.54, 1.807) is 0 Å². The van der Waals surface area contributed by atoms with Crippen LogP contribution in [0.3, 0.4) is 0 Å². The molecule has 2 atom stereocenters. The van der Waals surface area contributed by atoms with Gasteiger partial charge in [-0.1, -0.05) is 30.3 Å². The molecule has 4 heteroatoms.